The van der Waals surface area contributed by atoms with Crippen LogP contribution in [0, 0.1) is 11.7 Å². The first-order valence-electron chi connectivity index (χ1n) is 10.6. The molecule has 0 spiro atoms. The zero-order chi connectivity index (χ0) is 27.4. The molecule has 1 heterocycles. The van der Waals surface area contributed by atoms with Crippen LogP contribution in [0.4, 0.5) is 17.6 Å². The van der Waals surface area contributed by atoms with Gasteiger partial charge in [-0.25, -0.2) is 13.8 Å². The van der Waals surface area contributed by atoms with E-state index in [4.69, 9.17) is 21.1 Å². The molecule has 1 aromatic heterocycles. The van der Waals surface area contributed by atoms with Crippen LogP contribution in [0.5, 0.6) is 0 Å². The Kier molecular flexibility index (Phi) is 9.78. The topological polar surface area (TPSA) is 96.6 Å². The summed E-state index contributed by atoms with van der Waals surface area (Å²) in [7, 11) is 0.797. The molecule has 0 saturated heterocycles. The van der Waals surface area contributed by atoms with Gasteiger partial charge in [-0.15, -0.1) is 11.8 Å². The van der Waals surface area contributed by atoms with Crippen LogP contribution in [0.2, 0.25) is 5.02 Å². The van der Waals surface area contributed by atoms with Gasteiger partial charge in [-0.1, -0.05) is 25.4 Å². The average Bonchev–Trinajstić information content (AvgIpc) is 2.75. The molecule has 8 nitrogen and oxygen atoms in total. The van der Waals surface area contributed by atoms with E-state index in [2.05, 4.69) is 0 Å². The molecule has 1 unspecified atom stereocenters. The van der Waals surface area contributed by atoms with Gasteiger partial charge in [0.2, 0.25) is 0 Å². The summed E-state index contributed by atoms with van der Waals surface area (Å²) < 4.78 is 64.5. The Morgan fingerprint density at radius 1 is 1.14 bits per heavy atom. The van der Waals surface area contributed by atoms with Gasteiger partial charge in [-0.2, -0.15) is 13.2 Å². The number of hydrogen-bond acceptors (Lipinski definition) is 7. The lowest BCUT2D eigenvalue weighted by Gasteiger charge is -2.20. The Morgan fingerprint density at radius 3 is 2.33 bits per heavy atom. The quantitative estimate of drug-likeness (QED) is 0.263. The molecular formula is C22H23ClF4N2O6S. The number of esters is 2. The van der Waals surface area contributed by atoms with Crippen LogP contribution in [0.1, 0.15) is 32.9 Å². The smallest absolute Gasteiger partial charge is 0.431 e. The van der Waals surface area contributed by atoms with Crippen molar-refractivity contribution in [3.05, 3.63) is 55.6 Å². The van der Waals surface area contributed by atoms with Gasteiger partial charge in [0.05, 0.1) is 23.7 Å². The number of aromatic nitrogens is 2. The van der Waals surface area contributed by atoms with Crippen molar-refractivity contribution in [1.29, 1.82) is 0 Å². The fraction of sp³-hybridized carbons (Fsp3) is 0.455. The minimum Gasteiger partial charge on any atom is -0.466 e. The first kappa shape index (κ1) is 29.4. The molecule has 36 heavy (non-hydrogen) atoms. The predicted molar refractivity (Wildman–Crippen MR) is 124 cm³/mol. The summed E-state index contributed by atoms with van der Waals surface area (Å²) >= 11 is 6.97. The fourth-order valence-corrected chi connectivity index (χ4v) is 4.39. The van der Waals surface area contributed by atoms with E-state index < -0.39 is 51.8 Å². The number of nitrogens with zero attached hydrogens (tertiary/aromatic N) is 2. The van der Waals surface area contributed by atoms with Crippen molar-refractivity contribution in [3.63, 3.8) is 0 Å². The summed E-state index contributed by atoms with van der Waals surface area (Å²) in [5.41, 5.74) is -4.96. The van der Waals surface area contributed by atoms with E-state index in [-0.39, 0.29) is 50.7 Å². The second kappa shape index (κ2) is 12.0. The molecule has 0 bridgehead atoms. The highest BCUT2D eigenvalue weighted by Gasteiger charge is 2.35. The third kappa shape index (κ3) is 6.90. The van der Waals surface area contributed by atoms with Gasteiger partial charge in [-0.05, 0) is 25.0 Å². The molecule has 0 saturated carbocycles. The summed E-state index contributed by atoms with van der Waals surface area (Å²) in [6.07, 6.45) is -5.14. The standard InChI is InChI=1S/C22H23ClF4N2O6S/c1-5-34-18(31)6-7-35-20(32)19(11(2)3)36-15-9-14(13(24)8-12(15)23)29-17(30)10-16(22(25,26)27)28(4)21(29)33/h8-11,19H,5-7H2,1-4H3. The molecule has 0 aliphatic carbocycles. The van der Waals surface area contributed by atoms with Crippen molar-refractivity contribution in [2.45, 2.75) is 43.5 Å². The van der Waals surface area contributed by atoms with Gasteiger partial charge in [0.1, 0.15) is 23.4 Å². The SMILES string of the molecule is CCOC(=O)CCOC(=O)C(Sc1cc(-n2c(=O)cc(C(F)(F)F)n(C)c2=O)c(F)cc1Cl)C(C)C. The van der Waals surface area contributed by atoms with Gasteiger partial charge < -0.3 is 9.47 Å². The van der Waals surface area contributed by atoms with Gasteiger partial charge in [0, 0.05) is 18.0 Å². The lowest BCUT2D eigenvalue weighted by atomic mass is 10.1. The number of carbonyl (C=O) groups is 2. The van der Waals surface area contributed by atoms with E-state index in [1.54, 1.807) is 20.8 Å². The van der Waals surface area contributed by atoms with Crippen LogP contribution in [0.25, 0.3) is 5.69 Å². The van der Waals surface area contributed by atoms with Crippen molar-refractivity contribution in [1.82, 2.24) is 9.13 Å². The van der Waals surface area contributed by atoms with E-state index in [1.165, 1.54) is 0 Å². The molecule has 0 aliphatic heterocycles. The van der Waals surface area contributed by atoms with Crippen LogP contribution < -0.4 is 11.2 Å². The number of carbonyl (C=O) groups excluding carboxylic acids is 2. The minimum absolute atomic E-state index is 0.0722. The monoisotopic (exact) mass is 554 g/mol. The molecule has 0 radical (unpaired) electrons. The summed E-state index contributed by atoms with van der Waals surface area (Å²) in [6.45, 7) is 4.96. The lowest BCUT2D eigenvalue weighted by molar-refractivity contribution is -0.149. The molecule has 198 valence electrons. The van der Waals surface area contributed by atoms with Gasteiger partial charge in [0.15, 0.2) is 0 Å². The molecule has 2 aromatic rings. The second-order valence-electron chi connectivity index (χ2n) is 7.78. The largest absolute Gasteiger partial charge is 0.466 e. The van der Waals surface area contributed by atoms with Gasteiger partial charge in [-0.3, -0.25) is 19.0 Å². The Morgan fingerprint density at radius 2 is 1.78 bits per heavy atom. The maximum absolute atomic E-state index is 14.7. The maximum atomic E-state index is 14.7. The summed E-state index contributed by atoms with van der Waals surface area (Å²) in [6, 6.07) is 1.96. The number of hydrogen-bond donors (Lipinski definition) is 0. The molecule has 0 fully saturated rings. The van der Waals surface area contributed by atoms with E-state index >= 15 is 0 Å². The van der Waals surface area contributed by atoms with Crippen LogP contribution in [-0.2, 0) is 32.3 Å². The second-order valence-corrected chi connectivity index (χ2v) is 9.37. The first-order chi connectivity index (χ1) is 16.7. The van der Waals surface area contributed by atoms with E-state index in [1.807, 2.05) is 0 Å². The molecule has 1 aromatic carbocycles. The summed E-state index contributed by atoms with van der Waals surface area (Å²) in [5.74, 6) is -2.73. The molecule has 0 N–H and O–H groups in total. The number of benzene rings is 1. The molecule has 1 atom stereocenters. The zero-order valence-electron chi connectivity index (χ0n) is 19.7. The van der Waals surface area contributed by atoms with E-state index in [9.17, 15) is 36.7 Å². The van der Waals surface area contributed by atoms with Gasteiger partial charge in [0.25, 0.3) is 5.56 Å². The Labute approximate surface area is 212 Å². The molecular weight excluding hydrogens is 532 g/mol. The van der Waals surface area contributed by atoms with Crippen molar-refractivity contribution < 1.29 is 36.6 Å². The van der Waals surface area contributed by atoms with Crippen LogP contribution >= 0.6 is 23.4 Å². The van der Waals surface area contributed by atoms with E-state index in [0.29, 0.717) is 0 Å². The van der Waals surface area contributed by atoms with E-state index in [0.717, 1.165) is 30.9 Å². The van der Waals surface area contributed by atoms with Crippen molar-refractivity contribution in [2.24, 2.45) is 13.0 Å². The van der Waals surface area contributed by atoms with Crippen LogP contribution in [0.15, 0.2) is 32.7 Å². The molecule has 0 amide bonds. The molecule has 0 aliphatic rings. The first-order valence-corrected chi connectivity index (χ1v) is 11.8. The summed E-state index contributed by atoms with van der Waals surface area (Å²) in [4.78, 5) is 49.1. The Hall–Kier alpha value is -2.80. The minimum atomic E-state index is -4.98. The number of thioether (sulfide) groups is 1. The maximum Gasteiger partial charge on any atom is 0.431 e. The summed E-state index contributed by atoms with van der Waals surface area (Å²) in [5, 5.41) is -1.06. The third-order valence-electron chi connectivity index (χ3n) is 4.80. The highest BCUT2D eigenvalue weighted by atomic mass is 35.5. The Bertz CT molecular complexity index is 1260. The predicted octanol–water partition coefficient (Wildman–Crippen LogP) is 3.96. The third-order valence-corrected chi connectivity index (χ3v) is 6.81. The lowest BCUT2D eigenvalue weighted by Crippen LogP contribution is -2.41. The highest BCUT2D eigenvalue weighted by molar-refractivity contribution is 8.00. The van der Waals surface area contributed by atoms with Crippen LogP contribution in [0.3, 0.4) is 0 Å². The average molecular weight is 555 g/mol. The van der Waals surface area contributed by atoms with Crippen molar-refractivity contribution >= 4 is 35.3 Å². The number of ether oxygens (including phenoxy) is 2. The zero-order valence-corrected chi connectivity index (χ0v) is 21.2. The van der Waals surface area contributed by atoms with Crippen molar-refractivity contribution in [3.8, 4) is 5.69 Å². The molecule has 2 rings (SSSR count). The van der Waals surface area contributed by atoms with Crippen molar-refractivity contribution in [2.75, 3.05) is 13.2 Å². The van der Waals surface area contributed by atoms with Gasteiger partial charge >= 0.3 is 23.8 Å². The normalized spacial score (nSPS) is 12.5. The Balaban J connectivity index is 2.44. The highest BCUT2D eigenvalue weighted by Crippen LogP contribution is 2.36. The molecule has 14 heteroatoms. The fourth-order valence-electron chi connectivity index (χ4n) is 3.04. The number of rotatable bonds is 9. The number of halogens is 5. The van der Waals surface area contributed by atoms with Crippen LogP contribution in [-0.4, -0.2) is 39.5 Å². The number of alkyl halides is 3.